The predicted molar refractivity (Wildman–Crippen MR) is 57.9 cm³/mol. The molecule has 2 fully saturated rings. The number of halogens is 1. The van der Waals surface area contributed by atoms with Crippen LogP contribution in [-0.4, -0.2) is 16.1 Å². The molecule has 2 aliphatic rings. The highest BCUT2D eigenvalue weighted by Crippen LogP contribution is 2.57. The van der Waals surface area contributed by atoms with Crippen molar-refractivity contribution in [3.63, 3.8) is 0 Å². The van der Waals surface area contributed by atoms with E-state index in [9.17, 15) is 0 Å². The summed E-state index contributed by atoms with van der Waals surface area (Å²) in [5.74, 6) is 3.44. The van der Waals surface area contributed by atoms with Crippen LogP contribution < -0.4 is 0 Å². The fourth-order valence-electron chi connectivity index (χ4n) is 2.53. The normalized spacial score (nSPS) is 34.5. The fraction of sp³-hybridized carbons (Fsp3) is 0.800. The molecule has 2 nitrogen and oxygen atoms in total. The molecule has 3 rings (SSSR count). The third-order valence-electron chi connectivity index (χ3n) is 3.38. The zero-order valence-corrected chi connectivity index (χ0v) is 9.52. The standard InChI is InChI=1S/C10H13ClN2S/c11-2-1-9-12-13-10(14-9)8-4-6-3-7(6)5-8/h6-8H,1-5H2. The van der Waals surface area contributed by atoms with E-state index in [1.807, 2.05) is 0 Å². The Morgan fingerprint density at radius 3 is 2.71 bits per heavy atom. The average Bonchev–Trinajstić information content (AvgIpc) is 2.68. The molecule has 0 aliphatic heterocycles. The van der Waals surface area contributed by atoms with E-state index < -0.39 is 0 Å². The Kier molecular flexibility index (Phi) is 2.25. The van der Waals surface area contributed by atoms with Gasteiger partial charge in [0.15, 0.2) is 0 Å². The van der Waals surface area contributed by atoms with Gasteiger partial charge in [-0.1, -0.05) is 0 Å². The fourth-order valence-corrected chi connectivity index (χ4v) is 3.79. The van der Waals surface area contributed by atoms with E-state index in [1.165, 1.54) is 24.3 Å². The Hall–Kier alpha value is -0.150. The number of alkyl halides is 1. The second-order valence-electron chi connectivity index (χ2n) is 4.40. The van der Waals surface area contributed by atoms with Crippen molar-refractivity contribution in [2.45, 2.75) is 31.6 Å². The highest BCUT2D eigenvalue weighted by Gasteiger charge is 2.47. The van der Waals surface area contributed by atoms with Crippen LogP contribution in [0.4, 0.5) is 0 Å². The molecule has 0 amide bonds. The minimum absolute atomic E-state index is 0.657. The van der Waals surface area contributed by atoms with Gasteiger partial charge in [-0.3, -0.25) is 0 Å². The van der Waals surface area contributed by atoms with E-state index >= 15 is 0 Å². The topological polar surface area (TPSA) is 25.8 Å². The van der Waals surface area contributed by atoms with Gasteiger partial charge in [-0.05, 0) is 31.1 Å². The van der Waals surface area contributed by atoms with Gasteiger partial charge in [0.25, 0.3) is 0 Å². The number of hydrogen-bond donors (Lipinski definition) is 0. The van der Waals surface area contributed by atoms with Crippen molar-refractivity contribution < 1.29 is 0 Å². The quantitative estimate of drug-likeness (QED) is 0.744. The van der Waals surface area contributed by atoms with Gasteiger partial charge in [0.2, 0.25) is 0 Å². The third-order valence-corrected chi connectivity index (χ3v) is 4.72. The van der Waals surface area contributed by atoms with Crippen molar-refractivity contribution in [3.05, 3.63) is 10.0 Å². The van der Waals surface area contributed by atoms with Crippen molar-refractivity contribution in [2.24, 2.45) is 11.8 Å². The van der Waals surface area contributed by atoms with Gasteiger partial charge >= 0.3 is 0 Å². The molecule has 1 aromatic rings. The van der Waals surface area contributed by atoms with Crippen LogP contribution in [0, 0.1) is 11.8 Å². The number of aromatic nitrogens is 2. The predicted octanol–water partition coefficient (Wildman–Crippen LogP) is 2.83. The molecule has 2 aliphatic carbocycles. The van der Waals surface area contributed by atoms with Gasteiger partial charge in [-0.15, -0.1) is 33.1 Å². The number of hydrogen-bond acceptors (Lipinski definition) is 3. The molecule has 2 atom stereocenters. The molecule has 4 heteroatoms. The minimum atomic E-state index is 0.657. The van der Waals surface area contributed by atoms with Crippen LogP contribution in [0.25, 0.3) is 0 Å². The average molecular weight is 229 g/mol. The maximum absolute atomic E-state index is 5.67. The van der Waals surface area contributed by atoms with Gasteiger partial charge in [0.05, 0.1) is 0 Å². The molecule has 0 aromatic carbocycles. The van der Waals surface area contributed by atoms with Gasteiger partial charge in [-0.2, -0.15) is 0 Å². The Morgan fingerprint density at radius 2 is 2.00 bits per heavy atom. The van der Waals surface area contributed by atoms with E-state index in [-0.39, 0.29) is 0 Å². The summed E-state index contributed by atoms with van der Waals surface area (Å²) in [6.45, 7) is 0. The number of nitrogens with zero attached hydrogens (tertiary/aromatic N) is 2. The Morgan fingerprint density at radius 1 is 1.21 bits per heavy atom. The minimum Gasteiger partial charge on any atom is -0.144 e. The lowest BCUT2D eigenvalue weighted by atomic mass is 10.1. The molecule has 14 heavy (non-hydrogen) atoms. The van der Waals surface area contributed by atoms with Crippen LogP contribution in [0.1, 0.15) is 35.2 Å². The summed E-state index contributed by atoms with van der Waals surface area (Å²) in [4.78, 5) is 0. The summed E-state index contributed by atoms with van der Waals surface area (Å²) in [5, 5.41) is 10.8. The largest absolute Gasteiger partial charge is 0.144 e. The van der Waals surface area contributed by atoms with Crippen LogP contribution in [-0.2, 0) is 6.42 Å². The summed E-state index contributed by atoms with van der Waals surface area (Å²) in [7, 11) is 0. The Labute approximate surface area is 92.7 Å². The first-order valence-corrected chi connectivity index (χ1v) is 6.60. The molecular formula is C10H13ClN2S. The molecule has 0 spiro atoms. The maximum Gasteiger partial charge on any atom is 0.120 e. The first-order valence-electron chi connectivity index (χ1n) is 5.25. The number of aryl methyl sites for hydroxylation is 1. The van der Waals surface area contributed by atoms with E-state index in [0.717, 1.165) is 29.2 Å². The molecule has 2 saturated carbocycles. The van der Waals surface area contributed by atoms with Crippen molar-refractivity contribution in [1.82, 2.24) is 10.2 Å². The number of rotatable bonds is 3. The van der Waals surface area contributed by atoms with Gasteiger partial charge in [-0.25, -0.2) is 0 Å². The van der Waals surface area contributed by atoms with Crippen LogP contribution in [0.5, 0.6) is 0 Å². The monoisotopic (exact) mass is 228 g/mol. The van der Waals surface area contributed by atoms with Crippen molar-refractivity contribution in [3.8, 4) is 0 Å². The molecule has 2 unspecified atom stereocenters. The van der Waals surface area contributed by atoms with Gasteiger partial charge in [0.1, 0.15) is 10.0 Å². The summed E-state index contributed by atoms with van der Waals surface area (Å²) in [5.41, 5.74) is 0. The maximum atomic E-state index is 5.67. The van der Waals surface area contributed by atoms with Gasteiger partial charge in [0, 0.05) is 18.2 Å². The van der Waals surface area contributed by atoms with E-state index in [4.69, 9.17) is 11.6 Å². The first kappa shape index (κ1) is 9.10. The summed E-state index contributed by atoms with van der Waals surface area (Å²) in [6.07, 6.45) is 5.07. The summed E-state index contributed by atoms with van der Waals surface area (Å²) < 4.78 is 0. The van der Waals surface area contributed by atoms with Crippen LogP contribution >= 0.6 is 22.9 Å². The van der Waals surface area contributed by atoms with Gasteiger partial charge < -0.3 is 0 Å². The molecule has 0 bridgehead atoms. The van der Waals surface area contributed by atoms with Crippen LogP contribution in [0.3, 0.4) is 0 Å². The van der Waals surface area contributed by atoms with Crippen LogP contribution in [0.2, 0.25) is 0 Å². The molecule has 1 heterocycles. The van der Waals surface area contributed by atoms with Crippen molar-refractivity contribution >= 4 is 22.9 Å². The third kappa shape index (κ3) is 1.57. The van der Waals surface area contributed by atoms with E-state index in [2.05, 4.69) is 10.2 Å². The van der Waals surface area contributed by atoms with E-state index in [1.54, 1.807) is 11.3 Å². The van der Waals surface area contributed by atoms with Crippen molar-refractivity contribution in [2.75, 3.05) is 5.88 Å². The summed E-state index contributed by atoms with van der Waals surface area (Å²) >= 11 is 7.44. The highest BCUT2D eigenvalue weighted by molar-refractivity contribution is 7.11. The second-order valence-corrected chi connectivity index (χ2v) is 5.87. The lowest BCUT2D eigenvalue weighted by molar-refractivity contribution is 0.614. The lowest BCUT2D eigenvalue weighted by Gasteiger charge is -2.05. The Bertz CT molecular complexity index is 329. The van der Waals surface area contributed by atoms with E-state index in [0.29, 0.717) is 5.88 Å². The number of fused-ring (bicyclic) bond motifs is 1. The molecule has 0 N–H and O–H groups in total. The molecule has 1 aromatic heterocycles. The zero-order chi connectivity index (χ0) is 9.54. The summed E-state index contributed by atoms with van der Waals surface area (Å²) in [6, 6.07) is 0. The lowest BCUT2D eigenvalue weighted by Crippen LogP contribution is -1.94. The smallest absolute Gasteiger partial charge is 0.120 e. The second kappa shape index (κ2) is 3.46. The Balaban J connectivity index is 1.70. The molecule has 0 saturated heterocycles. The first-order chi connectivity index (χ1) is 6.86. The highest BCUT2D eigenvalue weighted by atomic mass is 35.5. The SMILES string of the molecule is ClCCc1nnc(C2CC3CC3C2)s1. The van der Waals surface area contributed by atoms with Crippen molar-refractivity contribution in [1.29, 1.82) is 0 Å². The van der Waals surface area contributed by atoms with Crippen LogP contribution in [0.15, 0.2) is 0 Å². The molecular weight excluding hydrogens is 216 g/mol. The molecule has 0 radical (unpaired) electrons. The zero-order valence-electron chi connectivity index (χ0n) is 7.95. The molecule has 76 valence electrons.